The highest BCUT2D eigenvalue weighted by atomic mass is 35.5. The summed E-state index contributed by atoms with van der Waals surface area (Å²) in [5.74, 6) is 2.30. The van der Waals surface area contributed by atoms with E-state index in [2.05, 4.69) is 11.2 Å². The first-order valence-electron chi connectivity index (χ1n) is 4.64. The highest BCUT2D eigenvalue weighted by molar-refractivity contribution is 6.33. The van der Waals surface area contributed by atoms with Crippen LogP contribution in [0.1, 0.15) is 23.7 Å². The molecule has 1 unspecified atom stereocenters. The van der Waals surface area contributed by atoms with Crippen LogP contribution in [0, 0.1) is 12.3 Å². The van der Waals surface area contributed by atoms with E-state index in [1.165, 1.54) is 0 Å². The molecule has 0 aliphatic rings. The number of terminal acetylenes is 1. The molecule has 0 saturated carbocycles. The van der Waals surface area contributed by atoms with Gasteiger partial charge in [0, 0.05) is 12.5 Å². The van der Waals surface area contributed by atoms with Gasteiger partial charge in [0.05, 0.1) is 10.6 Å². The zero-order chi connectivity index (χ0) is 11.3. The van der Waals surface area contributed by atoms with Gasteiger partial charge in [-0.25, -0.2) is 0 Å². The smallest absolute Gasteiger partial charge is 0.253 e. The van der Waals surface area contributed by atoms with Crippen LogP contribution in [-0.2, 0) is 0 Å². The maximum atomic E-state index is 11.7. The fourth-order valence-corrected chi connectivity index (χ4v) is 1.40. The fourth-order valence-electron chi connectivity index (χ4n) is 1.17. The molecule has 0 spiro atoms. The van der Waals surface area contributed by atoms with Gasteiger partial charge in [-0.3, -0.25) is 4.79 Å². The minimum absolute atomic E-state index is 0.0428. The van der Waals surface area contributed by atoms with E-state index in [1.54, 1.807) is 24.3 Å². The van der Waals surface area contributed by atoms with Gasteiger partial charge < -0.3 is 5.32 Å². The molecule has 0 aromatic heterocycles. The molecule has 1 atom stereocenters. The maximum absolute atomic E-state index is 11.7. The monoisotopic (exact) mass is 221 g/mol. The molecule has 3 heteroatoms. The second-order valence-electron chi connectivity index (χ2n) is 3.26. The highest BCUT2D eigenvalue weighted by Gasteiger charge is 2.11. The molecule has 1 aromatic rings. The van der Waals surface area contributed by atoms with E-state index in [4.69, 9.17) is 18.0 Å². The lowest BCUT2D eigenvalue weighted by Crippen LogP contribution is -2.32. The summed E-state index contributed by atoms with van der Waals surface area (Å²) in [7, 11) is 0. The molecule has 1 amide bonds. The summed E-state index contributed by atoms with van der Waals surface area (Å²) in [6.45, 7) is 1.86. The molecule has 0 bridgehead atoms. The average Bonchev–Trinajstić information content (AvgIpc) is 2.18. The van der Waals surface area contributed by atoms with Gasteiger partial charge in [0.2, 0.25) is 0 Å². The van der Waals surface area contributed by atoms with Crippen LogP contribution >= 0.6 is 11.6 Å². The third-order valence-electron chi connectivity index (χ3n) is 1.92. The van der Waals surface area contributed by atoms with Gasteiger partial charge in [-0.15, -0.1) is 12.3 Å². The Morgan fingerprint density at radius 3 is 2.87 bits per heavy atom. The molecular weight excluding hydrogens is 210 g/mol. The number of halogens is 1. The summed E-state index contributed by atoms with van der Waals surface area (Å²) >= 11 is 5.88. The van der Waals surface area contributed by atoms with Crippen molar-refractivity contribution in [3.05, 3.63) is 34.9 Å². The van der Waals surface area contributed by atoms with E-state index in [9.17, 15) is 4.79 Å². The summed E-state index contributed by atoms with van der Waals surface area (Å²) in [5, 5.41) is 3.22. The van der Waals surface area contributed by atoms with Crippen molar-refractivity contribution in [2.24, 2.45) is 0 Å². The molecule has 0 saturated heterocycles. The van der Waals surface area contributed by atoms with Gasteiger partial charge in [-0.1, -0.05) is 23.7 Å². The quantitative estimate of drug-likeness (QED) is 0.781. The Balaban J connectivity index is 2.70. The van der Waals surface area contributed by atoms with Gasteiger partial charge in [-0.05, 0) is 19.1 Å². The molecule has 2 nitrogen and oxygen atoms in total. The molecule has 78 valence electrons. The lowest BCUT2D eigenvalue weighted by molar-refractivity contribution is 0.0941. The number of rotatable bonds is 3. The van der Waals surface area contributed by atoms with Crippen molar-refractivity contribution in [2.75, 3.05) is 0 Å². The van der Waals surface area contributed by atoms with Crippen LogP contribution in [-0.4, -0.2) is 11.9 Å². The molecule has 1 aromatic carbocycles. The Bertz CT molecular complexity index is 395. The largest absolute Gasteiger partial charge is 0.349 e. The van der Waals surface area contributed by atoms with E-state index in [1.807, 2.05) is 6.92 Å². The predicted molar refractivity (Wildman–Crippen MR) is 61.8 cm³/mol. The predicted octanol–water partition coefficient (Wildman–Crippen LogP) is 2.48. The summed E-state index contributed by atoms with van der Waals surface area (Å²) in [6.07, 6.45) is 5.66. The third kappa shape index (κ3) is 3.30. The van der Waals surface area contributed by atoms with Gasteiger partial charge in [-0.2, -0.15) is 0 Å². The van der Waals surface area contributed by atoms with Crippen molar-refractivity contribution >= 4 is 17.5 Å². The Morgan fingerprint density at radius 2 is 2.27 bits per heavy atom. The van der Waals surface area contributed by atoms with Gasteiger partial charge in [0.25, 0.3) is 5.91 Å². The molecule has 0 heterocycles. The van der Waals surface area contributed by atoms with E-state index in [0.29, 0.717) is 17.0 Å². The van der Waals surface area contributed by atoms with E-state index < -0.39 is 0 Å². The first kappa shape index (κ1) is 11.6. The van der Waals surface area contributed by atoms with Gasteiger partial charge in [0.1, 0.15) is 0 Å². The van der Waals surface area contributed by atoms with E-state index in [-0.39, 0.29) is 11.9 Å². The van der Waals surface area contributed by atoms with Crippen LogP contribution in [0.15, 0.2) is 24.3 Å². The number of benzene rings is 1. The summed E-state index contributed by atoms with van der Waals surface area (Å²) in [4.78, 5) is 11.7. The Labute approximate surface area is 94.6 Å². The standard InChI is InChI=1S/C12H12ClNO/c1-3-6-9(2)14-12(15)10-7-4-5-8-11(10)13/h1,4-5,7-9H,6H2,2H3,(H,14,15). The van der Waals surface area contributed by atoms with Gasteiger partial charge in [0.15, 0.2) is 0 Å². The first-order chi connectivity index (χ1) is 7.15. The molecule has 1 rings (SSSR count). The van der Waals surface area contributed by atoms with Crippen LogP contribution in [0.3, 0.4) is 0 Å². The maximum Gasteiger partial charge on any atom is 0.253 e. The number of amides is 1. The molecular formula is C12H12ClNO. The molecule has 0 aliphatic carbocycles. The molecule has 1 N–H and O–H groups in total. The van der Waals surface area contributed by atoms with Crippen molar-refractivity contribution in [1.29, 1.82) is 0 Å². The van der Waals surface area contributed by atoms with Gasteiger partial charge >= 0.3 is 0 Å². The fraction of sp³-hybridized carbons (Fsp3) is 0.250. The van der Waals surface area contributed by atoms with Crippen LogP contribution in [0.25, 0.3) is 0 Å². The second kappa shape index (κ2) is 5.43. The first-order valence-corrected chi connectivity index (χ1v) is 5.01. The van der Waals surface area contributed by atoms with Crippen LogP contribution in [0.2, 0.25) is 5.02 Å². The molecule has 0 fully saturated rings. The van der Waals surface area contributed by atoms with Crippen molar-refractivity contribution in [3.63, 3.8) is 0 Å². The minimum Gasteiger partial charge on any atom is -0.349 e. The van der Waals surface area contributed by atoms with Crippen LogP contribution < -0.4 is 5.32 Å². The van der Waals surface area contributed by atoms with Crippen LogP contribution in [0.4, 0.5) is 0 Å². The number of hydrogen-bond donors (Lipinski definition) is 1. The number of carbonyl (C=O) groups is 1. The summed E-state index contributed by atoms with van der Waals surface area (Å²) in [5.41, 5.74) is 0.475. The van der Waals surface area contributed by atoms with Crippen molar-refractivity contribution in [1.82, 2.24) is 5.32 Å². The van der Waals surface area contributed by atoms with Crippen LogP contribution in [0.5, 0.6) is 0 Å². The highest BCUT2D eigenvalue weighted by Crippen LogP contribution is 2.14. The topological polar surface area (TPSA) is 29.1 Å². The molecule has 0 aliphatic heterocycles. The van der Waals surface area contributed by atoms with Crippen molar-refractivity contribution in [3.8, 4) is 12.3 Å². The number of carbonyl (C=O) groups excluding carboxylic acids is 1. The minimum atomic E-state index is -0.191. The van der Waals surface area contributed by atoms with E-state index in [0.717, 1.165) is 0 Å². The zero-order valence-electron chi connectivity index (χ0n) is 8.46. The van der Waals surface area contributed by atoms with Crippen molar-refractivity contribution in [2.45, 2.75) is 19.4 Å². The van der Waals surface area contributed by atoms with E-state index >= 15 is 0 Å². The Hall–Kier alpha value is -1.46. The lowest BCUT2D eigenvalue weighted by atomic mass is 10.2. The van der Waals surface area contributed by atoms with Crippen molar-refractivity contribution < 1.29 is 4.79 Å². The lowest BCUT2D eigenvalue weighted by Gasteiger charge is -2.11. The second-order valence-corrected chi connectivity index (χ2v) is 3.67. The normalized spacial score (nSPS) is 11.5. The molecule has 15 heavy (non-hydrogen) atoms. The third-order valence-corrected chi connectivity index (χ3v) is 2.25. The summed E-state index contributed by atoms with van der Waals surface area (Å²) < 4.78 is 0. The Kier molecular flexibility index (Phi) is 4.20. The molecule has 0 radical (unpaired) electrons. The SMILES string of the molecule is C#CCC(C)NC(=O)c1ccccc1Cl. The summed E-state index contributed by atoms with van der Waals surface area (Å²) in [6, 6.07) is 6.87. The Morgan fingerprint density at radius 1 is 1.60 bits per heavy atom. The number of nitrogens with one attached hydrogen (secondary N) is 1. The zero-order valence-corrected chi connectivity index (χ0v) is 9.21. The average molecular weight is 222 g/mol. The number of hydrogen-bond acceptors (Lipinski definition) is 1.